The van der Waals surface area contributed by atoms with Gasteiger partial charge in [0.05, 0.1) is 42.4 Å². The maximum absolute atomic E-state index is 12.6. The first kappa shape index (κ1) is 15.7. The van der Waals surface area contributed by atoms with Crippen LogP contribution in [0.2, 0.25) is 0 Å². The quantitative estimate of drug-likeness (QED) is 0.726. The molecule has 1 fully saturated rings. The van der Waals surface area contributed by atoms with Crippen molar-refractivity contribution in [2.75, 3.05) is 19.7 Å². The van der Waals surface area contributed by atoms with Crippen molar-refractivity contribution in [2.24, 2.45) is 0 Å². The Morgan fingerprint density at radius 2 is 2.16 bits per heavy atom. The highest BCUT2D eigenvalue weighted by Gasteiger charge is 2.26. The summed E-state index contributed by atoms with van der Waals surface area (Å²) in [5.74, 6) is 0.120. The monoisotopic (exact) mass is 337 g/mol. The summed E-state index contributed by atoms with van der Waals surface area (Å²) < 4.78 is 7.76. The molecule has 0 aliphatic carbocycles. The molecule has 1 aromatic carbocycles. The molecule has 4 rings (SSSR count). The lowest BCUT2D eigenvalue weighted by Gasteiger charge is -2.32. The molecule has 0 radical (unpaired) electrons. The van der Waals surface area contributed by atoms with Gasteiger partial charge in [-0.2, -0.15) is 0 Å². The van der Waals surface area contributed by atoms with Crippen LogP contribution in [-0.4, -0.2) is 50.0 Å². The van der Waals surface area contributed by atoms with Crippen LogP contribution >= 0.6 is 0 Å². The van der Waals surface area contributed by atoms with E-state index in [-0.39, 0.29) is 12.0 Å². The van der Waals surface area contributed by atoms with Gasteiger partial charge in [0, 0.05) is 31.9 Å². The van der Waals surface area contributed by atoms with Gasteiger partial charge in [0.25, 0.3) is 0 Å². The summed E-state index contributed by atoms with van der Waals surface area (Å²) in [5.41, 5.74) is 2.76. The number of imidazole rings is 1. The predicted molar refractivity (Wildman–Crippen MR) is 91.7 cm³/mol. The molecule has 0 bridgehead atoms. The Hall–Kier alpha value is -2.80. The number of aromatic nitrogens is 4. The van der Waals surface area contributed by atoms with Gasteiger partial charge < -0.3 is 14.2 Å². The molecule has 7 nitrogen and oxygen atoms in total. The number of benzene rings is 1. The second kappa shape index (κ2) is 6.98. The summed E-state index contributed by atoms with van der Waals surface area (Å²) in [6.07, 6.45) is 6.98. The molecule has 2 aromatic heterocycles. The Bertz CT molecular complexity index is 864. The molecule has 7 heteroatoms. The fraction of sp³-hybridized carbons (Fsp3) is 0.333. The molecule has 1 amide bonds. The molecular formula is C18H19N5O2. The van der Waals surface area contributed by atoms with E-state index >= 15 is 0 Å². The van der Waals surface area contributed by atoms with E-state index in [4.69, 9.17) is 4.74 Å². The number of rotatable bonds is 4. The molecule has 1 aliphatic rings. The Morgan fingerprint density at radius 3 is 3.04 bits per heavy atom. The number of aryl methyl sites for hydroxylation is 1. The largest absolute Gasteiger partial charge is 0.368 e. The molecule has 25 heavy (non-hydrogen) atoms. The SMILES string of the molecule is O=C(CCn1cnc2ccccc21)N1CCO[C@H](c2cnccn2)C1. The van der Waals surface area contributed by atoms with E-state index in [1.54, 1.807) is 24.9 Å². The zero-order valence-corrected chi connectivity index (χ0v) is 13.8. The number of carbonyl (C=O) groups excluding carboxylic acids is 1. The highest BCUT2D eigenvalue weighted by molar-refractivity contribution is 5.77. The number of carbonyl (C=O) groups is 1. The second-order valence-electron chi connectivity index (χ2n) is 6.01. The van der Waals surface area contributed by atoms with E-state index in [9.17, 15) is 4.79 Å². The molecule has 0 saturated carbocycles. The molecule has 3 heterocycles. The van der Waals surface area contributed by atoms with Crippen LogP contribution in [0.3, 0.4) is 0 Å². The number of ether oxygens (including phenoxy) is 1. The molecular weight excluding hydrogens is 318 g/mol. The second-order valence-corrected chi connectivity index (χ2v) is 6.01. The summed E-state index contributed by atoms with van der Waals surface area (Å²) >= 11 is 0. The van der Waals surface area contributed by atoms with Crippen LogP contribution in [0.25, 0.3) is 11.0 Å². The minimum absolute atomic E-state index is 0.120. The van der Waals surface area contributed by atoms with Crippen LogP contribution in [0, 0.1) is 0 Å². The van der Waals surface area contributed by atoms with E-state index < -0.39 is 0 Å². The van der Waals surface area contributed by atoms with Gasteiger partial charge >= 0.3 is 0 Å². The number of hydrogen-bond acceptors (Lipinski definition) is 5. The first-order valence-corrected chi connectivity index (χ1v) is 8.36. The highest BCUT2D eigenvalue weighted by atomic mass is 16.5. The van der Waals surface area contributed by atoms with Crippen molar-refractivity contribution < 1.29 is 9.53 Å². The van der Waals surface area contributed by atoms with Crippen molar-refractivity contribution in [2.45, 2.75) is 19.1 Å². The summed E-state index contributed by atoms with van der Waals surface area (Å²) in [4.78, 5) is 27.2. The Morgan fingerprint density at radius 1 is 1.24 bits per heavy atom. The summed E-state index contributed by atoms with van der Waals surface area (Å²) in [6, 6.07) is 7.94. The van der Waals surface area contributed by atoms with Gasteiger partial charge in [0.2, 0.25) is 5.91 Å². The van der Waals surface area contributed by atoms with Gasteiger partial charge in [-0.05, 0) is 12.1 Å². The van der Waals surface area contributed by atoms with Crippen LogP contribution in [-0.2, 0) is 16.1 Å². The lowest BCUT2D eigenvalue weighted by molar-refractivity contribution is -0.139. The minimum Gasteiger partial charge on any atom is -0.368 e. The first-order chi connectivity index (χ1) is 12.3. The number of morpholine rings is 1. The van der Waals surface area contributed by atoms with Crippen LogP contribution in [0.15, 0.2) is 49.2 Å². The average molecular weight is 337 g/mol. The third-order valence-electron chi connectivity index (χ3n) is 4.43. The Labute approximate surface area is 145 Å². The van der Waals surface area contributed by atoms with E-state index in [0.717, 1.165) is 16.7 Å². The summed E-state index contributed by atoms with van der Waals surface area (Å²) in [6.45, 7) is 2.26. The highest BCUT2D eigenvalue weighted by Crippen LogP contribution is 2.20. The Balaban J connectivity index is 1.39. The fourth-order valence-corrected chi connectivity index (χ4v) is 3.09. The maximum atomic E-state index is 12.6. The van der Waals surface area contributed by atoms with Gasteiger partial charge in [-0.1, -0.05) is 12.1 Å². The third-order valence-corrected chi connectivity index (χ3v) is 4.43. The predicted octanol–water partition coefficient (Wildman–Crippen LogP) is 1.82. The molecule has 1 saturated heterocycles. The van der Waals surface area contributed by atoms with Crippen molar-refractivity contribution in [1.29, 1.82) is 0 Å². The van der Waals surface area contributed by atoms with Crippen molar-refractivity contribution in [1.82, 2.24) is 24.4 Å². The molecule has 0 N–H and O–H groups in total. The zero-order chi connectivity index (χ0) is 17.1. The van der Waals surface area contributed by atoms with Crippen molar-refractivity contribution in [3.05, 3.63) is 54.9 Å². The number of amides is 1. The standard InChI is InChI=1S/C18H19N5O2/c24-18(5-8-23-13-21-14-3-1-2-4-16(14)23)22-9-10-25-17(12-22)15-11-19-6-7-20-15/h1-4,6-7,11,13,17H,5,8-10,12H2/t17-/m0/s1. The van der Waals surface area contributed by atoms with Gasteiger partial charge in [-0.3, -0.25) is 14.8 Å². The van der Waals surface area contributed by atoms with E-state index in [2.05, 4.69) is 15.0 Å². The van der Waals surface area contributed by atoms with Crippen molar-refractivity contribution >= 4 is 16.9 Å². The number of fused-ring (bicyclic) bond motifs is 1. The van der Waals surface area contributed by atoms with Crippen LogP contribution in [0.5, 0.6) is 0 Å². The summed E-state index contributed by atoms with van der Waals surface area (Å²) in [5, 5.41) is 0. The summed E-state index contributed by atoms with van der Waals surface area (Å²) in [7, 11) is 0. The molecule has 1 aliphatic heterocycles. The van der Waals surface area contributed by atoms with E-state index in [0.29, 0.717) is 32.7 Å². The third kappa shape index (κ3) is 3.36. The molecule has 3 aromatic rings. The van der Waals surface area contributed by atoms with Gasteiger partial charge in [-0.25, -0.2) is 4.98 Å². The van der Waals surface area contributed by atoms with E-state index in [1.807, 2.05) is 33.7 Å². The first-order valence-electron chi connectivity index (χ1n) is 8.36. The lowest BCUT2D eigenvalue weighted by atomic mass is 10.2. The van der Waals surface area contributed by atoms with Crippen LogP contribution in [0.4, 0.5) is 0 Å². The van der Waals surface area contributed by atoms with Gasteiger partial charge in [0.15, 0.2) is 0 Å². The van der Waals surface area contributed by atoms with Gasteiger partial charge in [0.1, 0.15) is 6.10 Å². The molecule has 128 valence electrons. The fourth-order valence-electron chi connectivity index (χ4n) is 3.09. The zero-order valence-electron chi connectivity index (χ0n) is 13.8. The topological polar surface area (TPSA) is 73.1 Å². The van der Waals surface area contributed by atoms with Crippen molar-refractivity contribution in [3.8, 4) is 0 Å². The number of nitrogens with zero attached hydrogens (tertiary/aromatic N) is 5. The van der Waals surface area contributed by atoms with Crippen LogP contribution < -0.4 is 0 Å². The van der Waals surface area contributed by atoms with Crippen LogP contribution in [0.1, 0.15) is 18.2 Å². The maximum Gasteiger partial charge on any atom is 0.224 e. The molecule has 1 atom stereocenters. The van der Waals surface area contributed by atoms with Gasteiger partial charge in [-0.15, -0.1) is 0 Å². The normalized spacial score (nSPS) is 17.8. The molecule has 0 spiro atoms. The number of hydrogen-bond donors (Lipinski definition) is 0. The lowest BCUT2D eigenvalue weighted by Crippen LogP contribution is -2.42. The molecule has 0 unspecified atom stereocenters. The minimum atomic E-state index is -0.208. The van der Waals surface area contributed by atoms with Crippen molar-refractivity contribution in [3.63, 3.8) is 0 Å². The average Bonchev–Trinajstić information content (AvgIpc) is 3.10. The number of para-hydroxylation sites is 2. The van der Waals surface area contributed by atoms with E-state index in [1.165, 1.54) is 0 Å². The smallest absolute Gasteiger partial charge is 0.224 e. The Kier molecular flexibility index (Phi) is 4.39.